The minimum Gasteiger partial charge on any atom is -0.395 e. The van der Waals surface area contributed by atoms with Gasteiger partial charge in [0.2, 0.25) is 0 Å². The van der Waals surface area contributed by atoms with Gasteiger partial charge >= 0.3 is 0 Å². The van der Waals surface area contributed by atoms with E-state index in [4.69, 9.17) is 10.2 Å². The van der Waals surface area contributed by atoms with E-state index >= 15 is 0 Å². The van der Waals surface area contributed by atoms with Gasteiger partial charge in [0, 0.05) is 19.2 Å². The molecule has 0 aromatic heterocycles. The lowest BCUT2D eigenvalue weighted by Gasteiger charge is -2.21. The van der Waals surface area contributed by atoms with Crippen LogP contribution in [0.2, 0.25) is 0 Å². The summed E-state index contributed by atoms with van der Waals surface area (Å²) in [5, 5.41) is 28.7. The van der Waals surface area contributed by atoms with Crippen LogP contribution in [0, 0.1) is 17.0 Å². The molecule has 7 heteroatoms. The molecule has 0 bridgehead atoms. The Balaban J connectivity index is 3.19. The lowest BCUT2D eigenvalue weighted by atomic mass is 10.1. The summed E-state index contributed by atoms with van der Waals surface area (Å²) in [6.07, 6.45) is 0. The van der Waals surface area contributed by atoms with Crippen LogP contribution in [0.1, 0.15) is 15.9 Å². The van der Waals surface area contributed by atoms with Gasteiger partial charge in [-0.15, -0.1) is 0 Å². The van der Waals surface area contributed by atoms with Crippen molar-refractivity contribution in [1.82, 2.24) is 4.90 Å². The lowest BCUT2D eigenvalue weighted by molar-refractivity contribution is -0.385. The molecule has 0 aliphatic carbocycles. The summed E-state index contributed by atoms with van der Waals surface area (Å²) in [6.45, 7) is 1.10. The highest BCUT2D eigenvalue weighted by atomic mass is 16.6. The Kier molecular flexibility index (Phi) is 5.40. The summed E-state index contributed by atoms with van der Waals surface area (Å²) in [7, 11) is 0. The van der Waals surface area contributed by atoms with Gasteiger partial charge in [-0.1, -0.05) is 12.1 Å². The van der Waals surface area contributed by atoms with Gasteiger partial charge < -0.3 is 15.1 Å². The van der Waals surface area contributed by atoms with E-state index in [2.05, 4.69) is 0 Å². The highest BCUT2D eigenvalue weighted by Gasteiger charge is 2.25. The van der Waals surface area contributed by atoms with Crippen LogP contribution in [0.5, 0.6) is 0 Å². The quantitative estimate of drug-likeness (QED) is 0.571. The monoisotopic (exact) mass is 268 g/mol. The maximum atomic E-state index is 12.3. The number of rotatable bonds is 6. The van der Waals surface area contributed by atoms with Crippen LogP contribution in [0.4, 0.5) is 5.69 Å². The van der Waals surface area contributed by atoms with Gasteiger partial charge in [0.25, 0.3) is 11.6 Å². The molecule has 1 aromatic rings. The van der Waals surface area contributed by atoms with Crippen molar-refractivity contribution >= 4 is 11.6 Å². The molecule has 0 saturated carbocycles. The minimum atomic E-state index is -0.615. The molecule has 1 amide bonds. The fourth-order valence-corrected chi connectivity index (χ4v) is 1.80. The molecule has 1 rings (SSSR count). The van der Waals surface area contributed by atoms with Crippen LogP contribution in [0.25, 0.3) is 0 Å². The van der Waals surface area contributed by atoms with Crippen LogP contribution in [0.15, 0.2) is 18.2 Å². The zero-order valence-corrected chi connectivity index (χ0v) is 10.6. The normalized spacial score (nSPS) is 10.3. The Morgan fingerprint density at radius 3 is 2.37 bits per heavy atom. The second-order valence-corrected chi connectivity index (χ2v) is 3.97. The van der Waals surface area contributed by atoms with Crippen molar-refractivity contribution in [2.45, 2.75) is 6.92 Å². The molecule has 0 unspecified atom stereocenters. The molecule has 0 fully saturated rings. The predicted octanol–water partition coefficient (Wildman–Crippen LogP) is 0.330. The van der Waals surface area contributed by atoms with Crippen LogP contribution in [-0.2, 0) is 0 Å². The topological polar surface area (TPSA) is 104 Å². The Morgan fingerprint density at radius 2 is 1.89 bits per heavy atom. The fraction of sp³-hybridized carbons (Fsp3) is 0.417. The highest BCUT2D eigenvalue weighted by Crippen LogP contribution is 2.23. The molecule has 7 nitrogen and oxygen atoms in total. The molecule has 0 atom stereocenters. The van der Waals surface area contributed by atoms with Gasteiger partial charge in [-0.2, -0.15) is 0 Å². The number of nitro groups is 1. The van der Waals surface area contributed by atoms with Gasteiger partial charge in [-0.3, -0.25) is 14.9 Å². The van der Waals surface area contributed by atoms with Gasteiger partial charge in [0.15, 0.2) is 0 Å². The standard InChI is InChI=1S/C12H16N2O5/c1-9-3-2-4-10(14(18)19)11(9)12(17)13(5-7-15)6-8-16/h2-4,15-16H,5-8H2,1H3. The predicted molar refractivity (Wildman–Crippen MR) is 67.9 cm³/mol. The van der Waals surface area contributed by atoms with Crippen LogP contribution in [-0.4, -0.2) is 52.2 Å². The third-order valence-corrected chi connectivity index (χ3v) is 2.69. The number of aliphatic hydroxyl groups excluding tert-OH is 2. The number of carbonyl (C=O) groups excluding carboxylic acids is 1. The molecule has 104 valence electrons. The van der Waals surface area contributed by atoms with E-state index in [1.165, 1.54) is 17.0 Å². The van der Waals surface area contributed by atoms with E-state index in [9.17, 15) is 14.9 Å². The fourth-order valence-electron chi connectivity index (χ4n) is 1.80. The first-order valence-electron chi connectivity index (χ1n) is 5.78. The molecule has 0 radical (unpaired) electrons. The number of benzene rings is 1. The summed E-state index contributed by atoms with van der Waals surface area (Å²) in [5.74, 6) is -0.562. The average molecular weight is 268 g/mol. The molecule has 1 aromatic carbocycles. The summed E-state index contributed by atoms with van der Waals surface area (Å²) < 4.78 is 0. The largest absolute Gasteiger partial charge is 0.395 e. The van der Waals surface area contributed by atoms with Crippen LogP contribution >= 0.6 is 0 Å². The number of nitro benzene ring substituents is 1. The van der Waals surface area contributed by atoms with Crippen molar-refractivity contribution in [2.24, 2.45) is 0 Å². The second-order valence-electron chi connectivity index (χ2n) is 3.97. The van der Waals surface area contributed by atoms with Crippen LogP contribution < -0.4 is 0 Å². The third-order valence-electron chi connectivity index (χ3n) is 2.69. The molecule has 2 N–H and O–H groups in total. The van der Waals surface area contributed by atoms with E-state index in [-0.39, 0.29) is 37.6 Å². The molecule has 0 aliphatic heterocycles. The first kappa shape index (κ1) is 15.1. The smallest absolute Gasteiger partial charge is 0.282 e. The van der Waals surface area contributed by atoms with Crippen molar-refractivity contribution in [3.05, 3.63) is 39.4 Å². The van der Waals surface area contributed by atoms with E-state index < -0.39 is 10.8 Å². The Hall–Kier alpha value is -1.99. The number of aryl methyl sites for hydroxylation is 1. The van der Waals surface area contributed by atoms with E-state index in [0.717, 1.165) is 0 Å². The first-order valence-corrected chi connectivity index (χ1v) is 5.78. The van der Waals surface area contributed by atoms with Gasteiger partial charge in [-0.25, -0.2) is 0 Å². The minimum absolute atomic E-state index is 0.00519. The van der Waals surface area contributed by atoms with Crippen LogP contribution in [0.3, 0.4) is 0 Å². The van der Waals surface area contributed by atoms with Crippen molar-refractivity contribution < 1.29 is 19.9 Å². The van der Waals surface area contributed by atoms with Gasteiger partial charge in [0.05, 0.1) is 18.1 Å². The zero-order valence-electron chi connectivity index (χ0n) is 10.6. The van der Waals surface area contributed by atoms with E-state index in [1.54, 1.807) is 13.0 Å². The molecule has 0 spiro atoms. The van der Waals surface area contributed by atoms with Crippen molar-refractivity contribution in [1.29, 1.82) is 0 Å². The van der Waals surface area contributed by atoms with Gasteiger partial charge in [-0.05, 0) is 12.5 Å². The number of amides is 1. The summed E-state index contributed by atoms with van der Waals surface area (Å²) in [4.78, 5) is 23.8. The zero-order chi connectivity index (χ0) is 14.4. The van der Waals surface area contributed by atoms with E-state index in [1.807, 2.05) is 0 Å². The molecular weight excluding hydrogens is 252 g/mol. The average Bonchev–Trinajstić information content (AvgIpc) is 2.37. The Bertz CT molecular complexity index is 469. The number of carbonyl (C=O) groups is 1. The van der Waals surface area contributed by atoms with Crippen molar-refractivity contribution in [2.75, 3.05) is 26.3 Å². The van der Waals surface area contributed by atoms with Gasteiger partial charge in [0.1, 0.15) is 5.56 Å². The molecule has 0 saturated heterocycles. The Labute approximate surface area is 110 Å². The molecule has 19 heavy (non-hydrogen) atoms. The summed E-state index contributed by atoms with van der Waals surface area (Å²) in [5.41, 5.74) is 0.209. The van der Waals surface area contributed by atoms with E-state index in [0.29, 0.717) is 5.56 Å². The molecular formula is C12H16N2O5. The molecule has 0 aliphatic rings. The maximum Gasteiger partial charge on any atom is 0.282 e. The number of hydrogen-bond acceptors (Lipinski definition) is 5. The summed E-state index contributed by atoms with van der Waals surface area (Å²) >= 11 is 0. The Morgan fingerprint density at radius 1 is 1.32 bits per heavy atom. The highest BCUT2D eigenvalue weighted by molar-refractivity contribution is 5.99. The third kappa shape index (κ3) is 3.49. The summed E-state index contributed by atoms with van der Waals surface area (Å²) in [6, 6.07) is 4.37. The second kappa shape index (κ2) is 6.81. The van der Waals surface area contributed by atoms with Crippen molar-refractivity contribution in [3.8, 4) is 0 Å². The lowest BCUT2D eigenvalue weighted by Crippen LogP contribution is -2.36. The number of nitrogens with zero attached hydrogens (tertiary/aromatic N) is 2. The number of hydrogen-bond donors (Lipinski definition) is 2. The number of aliphatic hydroxyl groups is 2. The molecule has 0 heterocycles. The maximum absolute atomic E-state index is 12.3. The SMILES string of the molecule is Cc1cccc([N+](=O)[O-])c1C(=O)N(CCO)CCO. The first-order chi connectivity index (χ1) is 9.02. The van der Waals surface area contributed by atoms with Crippen molar-refractivity contribution in [3.63, 3.8) is 0 Å².